The van der Waals surface area contributed by atoms with Gasteiger partial charge in [-0.25, -0.2) is 14.6 Å². The fourth-order valence-electron chi connectivity index (χ4n) is 3.64. The van der Waals surface area contributed by atoms with Crippen molar-refractivity contribution in [3.8, 4) is 18.1 Å². The summed E-state index contributed by atoms with van der Waals surface area (Å²) in [4.78, 5) is 41.2. The first-order valence-electron chi connectivity index (χ1n) is 11.7. The maximum Gasteiger partial charge on any atom is 0.414 e. The Kier molecular flexibility index (Phi) is 11.7. The van der Waals surface area contributed by atoms with Gasteiger partial charge in [-0.1, -0.05) is 18.1 Å². The number of carboxylic acid groups (broad SMARTS) is 2. The molecule has 0 spiro atoms. The molecule has 1 aromatic heterocycles. The van der Waals surface area contributed by atoms with Crippen LogP contribution < -0.4 is 15.0 Å². The Morgan fingerprint density at radius 3 is 2.38 bits per heavy atom. The fraction of sp³-hybridized carbons (Fsp3) is 0.385. The zero-order valence-electron chi connectivity index (χ0n) is 21.1. The second-order valence-electron chi connectivity index (χ2n) is 8.28. The zero-order valence-corrected chi connectivity index (χ0v) is 21.1. The number of amides is 1. The lowest BCUT2D eigenvalue weighted by Gasteiger charge is -2.36. The smallest absolute Gasteiger partial charge is 0.414 e. The number of ether oxygens (including phenoxy) is 1. The lowest BCUT2D eigenvalue weighted by atomic mass is 10.2. The van der Waals surface area contributed by atoms with Crippen LogP contribution in [0.4, 0.5) is 11.5 Å². The predicted octanol–water partition coefficient (Wildman–Crippen LogP) is 1.58. The Balaban J connectivity index is 0.000000717. The molecule has 3 N–H and O–H groups in total. The molecule has 11 nitrogen and oxygen atoms in total. The number of aliphatic carboxylic acids is 2. The first-order chi connectivity index (χ1) is 17.7. The Morgan fingerprint density at radius 1 is 1.08 bits per heavy atom. The largest absolute Gasteiger partial charge is 0.479 e. The molecule has 0 radical (unpaired) electrons. The first-order valence-corrected chi connectivity index (χ1v) is 11.7. The maximum absolute atomic E-state index is 12.3. The van der Waals surface area contributed by atoms with E-state index in [-0.39, 0.29) is 12.5 Å². The number of nitrogens with one attached hydrogen (secondary N) is 1. The number of piperazine rings is 1. The van der Waals surface area contributed by atoms with Crippen LogP contribution in [0.15, 0.2) is 42.6 Å². The quantitative estimate of drug-likeness (QED) is 0.259. The van der Waals surface area contributed by atoms with Gasteiger partial charge in [-0.2, -0.15) is 0 Å². The van der Waals surface area contributed by atoms with Crippen molar-refractivity contribution >= 4 is 29.4 Å². The molecule has 37 heavy (non-hydrogen) atoms. The third-order valence-corrected chi connectivity index (χ3v) is 5.46. The average Bonchev–Trinajstić information content (AvgIpc) is 2.90. The van der Waals surface area contributed by atoms with Gasteiger partial charge >= 0.3 is 11.9 Å². The molecular formula is C26H33N5O6. The zero-order chi connectivity index (χ0) is 27.2. The van der Waals surface area contributed by atoms with Crippen LogP contribution >= 0.6 is 0 Å². The van der Waals surface area contributed by atoms with Crippen LogP contribution in [-0.4, -0.2) is 103 Å². The fourth-order valence-corrected chi connectivity index (χ4v) is 3.64. The van der Waals surface area contributed by atoms with Crippen molar-refractivity contribution < 1.29 is 29.3 Å². The molecule has 2 aromatic rings. The number of carboxylic acids is 2. The standard InChI is InChI=1S/C24H31N5O2.C2H2O4/c1-4-19-31-22-11-6-5-10-21(22)29-17-15-28(16-18-29)14-8-13-26-23-20(9-7-12-25-23)24(30)27(2)3;3-1(4)2(5)6/h1,5-7,9-12H,8,13-19H2,2-3H3,(H,25,26);(H,3,4)(H,5,6). The molecule has 198 valence electrons. The van der Waals surface area contributed by atoms with Gasteiger partial charge in [0.25, 0.3) is 5.91 Å². The minimum Gasteiger partial charge on any atom is -0.479 e. The highest BCUT2D eigenvalue weighted by Gasteiger charge is 2.19. The molecular weight excluding hydrogens is 478 g/mol. The summed E-state index contributed by atoms with van der Waals surface area (Å²) in [5.41, 5.74) is 1.71. The Labute approximate surface area is 216 Å². The molecule has 0 bridgehead atoms. The van der Waals surface area contributed by atoms with Crippen molar-refractivity contribution in [3.63, 3.8) is 0 Å². The summed E-state index contributed by atoms with van der Waals surface area (Å²) >= 11 is 0. The second-order valence-corrected chi connectivity index (χ2v) is 8.28. The van der Waals surface area contributed by atoms with E-state index in [4.69, 9.17) is 31.0 Å². The number of pyridine rings is 1. The van der Waals surface area contributed by atoms with Gasteiger partial charge in [0.1, 0.15) is 18.2 Å². The van der Waals surface area contributed by atoms with E-state index in [1.54, 1.807) is 31.3 Å². The van der Waals surface area contributed by atoms with E-state index >= 15 is 0 Å². The summed E-state index contributed by atoms with van der Waals surface area (Å²) in [6.07, 6.45) is 8.02. The van der Waals surface area contributed by atoms with Crippen molar-refractivity contribution in [3.05, 3.63) is 48.2 Å². The summed E-state index contributed by atoms with van der Waals surface area (Å²) in [6.45, 7) is 5.95. The molecule has 1 fully saturated rings. The van der Waals surface area contributed by atoms with Crippen molar-refractivity contribution in [2.45, 2.75) is 6.42 Å². The van der Waals surface area contributed by atoms with E-state index in [0.717, 1.165) is 57.1 Å². The number of aromatic nitrogens is 1. The van der Waals surface area contributed by atoms with Gasteiger partial charge in [0.15, 0.2) is 0 Å². The van der Waals surface area contributed by atoms with Gasteiger partial charge < -0.3 is 30.1 Å². The van der Waals surface area contributed by atoms with Crippen molar-refractivity contribution in [2.24, 2.45) is 0 Å². The van der Waals surface area contributed by atoms with E-state index in [1.807, 2.05) is 24.3 Å². The third-order valence-electron chi connectivity index (χ3n) is 5.46. The molecule has 0 aliphatic carbocycles. The van der Waals surface area contributed by atoms with Crippen LogP contribution in [0.5, 0.6) is 5.75 Å². The number of terminal acetylenes is 1. The van der Waals surface area contributed by atoms with Crippen LogP contribution in [0.2, 0.25) is 0 Å². The van der Waals surface area contributed by atoms with Crippen molar-refractivity contribution in [1.29, 1.82) is 0 Å². The maximum atomic E-state index is 12.3. The highest BCUT2D eigenvalue weighted by Crippen LogP contribution is 2.28. The lowest BCUT2D eigenvalue weighted by Crippen LogP contribution is -2.47. The summed E-state index contributed by atoms with van der Waals surface area (Å²) in [6, 6.07) is 11.7. The lowest BCUT2D eigenvalue weighted by molar-refractivity contribution is -0.159. The number of para-hydroxylation sites is 2. The molecule has 2 heterocycles. The van der Waals surface area contributed by atoms with E-state index in [9.17, 15) is 4.79 Å². The summed E-state index contributed by atoms with van der Waals surface area (Å²) in [7, 11) is 3.50. The summed E-state index contributed by atoms with van der Waals surface area (Å²) in [5.74, 6) is 0.329. The topological polar surface area (TPSA) is 136 Å². The van der Waals surface area contributed by atoms with Gasteiger partial charge in [0.05, 0.1) is 11.3 Å². The molecule has 1 aromatic carbocycles. The molecule has 1 amide bonds. The summed E-state index contributed by atoms with van der Waals surface area (Å²) < 4.78 is 5.70. The minimum atomic E-state index is -1.82. The number of hydrogen-bond acceptors (Lipinski definition) is 8. The highest BCUT2D eigenvalue weighted by molar-refractivity contribution is 6.27. The predicted molar refractivity (Wildman–Crippen MR) is 140 cm³/mol. The molecule has 1 aliphatic rings. The molecule has 1 aliphatic heterocycles. The number of hydrogen-bond donors (Lipinski definition) is 3. The van der Waals surface area contributed by atoms with Crippen LogP contribution in [0.25, 0.3) is 0 Å². The third kappa shape index (κ3) is 9.35. The minimum absolute atomic E-state index is 0.0433. The highest BCUT2D eigenvalue weighted by atomic mass is 16.5. The van der Waals surface area contributed by atoms with Gasteiger partial charge in [-0.15, -0.1) is 6.42 Å². The molecule has 0 atom stereocenters. The second kappa shape index (κ2) is 15.0. The molecule has 11 heteroatoms. The van der Waals surface area contributed by atoms with Gasteiger partial charge in [0, 0.05) is 53.0 Å². The van der Waals surface area contributed by atoms with Gasteiger partial charge in [0.2, 0.25) is 0 Å². The van der Waals surface area contributed by atoms with Crippen molar-refractivity contribution in [2.75, 3.05) is 70.2 Å². The summed E-state index contributed by atoms with van der Waals surface area (Å²) in [5, 5.41) is 18.1. The SMILES string of the molecule is C#CCOc1ccccc1N1CCN(CCCNc2ncccc2C(=O)N(C)C)CC1.O=C(O)C(=O)O. The number of nitrogens with zero attached hydrogens (tertiary/aromatic N) is 4. The molecule has 1 saturated heterocycles. The average molecular weight is 512 g/mol. The molecule has 0 unspecified atom stereocenters. The van der Waals surface area contributed by atoms with E-state index < -0.39 is 11.9 Å². The van der Waals surface area contributed by atoms with Crippen LogP contribution in [-0.2, 0) is 9.59 Å². The number of anilines is 2. The van der Waals surface area contributed by atoms with Crippen LogP contribution in [0, 0.1) is 12.3 Å². The van der Waals surface area contributed by atoms with Gasteiger partial charge in [-0.3, -0.25) is 9.69 Å². The Morgan fingerprint density at radius 2 is 1.76 bits per heavy atom. The Bertz CT molecular complexity index is 1080. The first kappa shape index (κ1) is 28.9. The Hall–Kier alpha value is -4.30. The van der Waals surface area contributed by atoms with Crippen LogP contribution in [0.1, 0.15) is 16.8 Å². The number of carbonyl (C=O) groups is 3. The normalized spacial score (nSPS) is 12.9. The van der Waals surface area contributed by atoms with Gasteiger partial charge in [-0.05, 0) is 37.2 Å². The molecule has 0 saturated carbocycles. The van der Waals surface area contributed by atoms with Crippen LogP contribution in [0.3, 0.4) is 0 Å². The van der Waals surface area contributed by atoms with E-state index in [1.165, 1.54) is 0 Å². The number of benzene rings is 1. The number of carbonyl (C=O) groups excluding carboxylic acids is 1. The van der Waals surface area contributed by atoms with E-state index in [2.05, 4.69) is 32.1 Å². The van der Waals surface area contributed by atoms with E-state index in [0.29, 0.717) is 11.4 Å². The monoisotopic (exact) mass is 511 g/mol. The molecule has 3 rings (SSSR count). The number of rotatable bonds is 9. The van der Waals surface area contributed by atoms with Crippen molar-refractivity contribution in [1.82, 2.24) is 14.8 Å².